The van der Waals surface area contributed by atoms with Gasteiger partial charge in [0.1, 0.15) is 5.01 Å². The van der Waals surface area contributed by atoms with Crippen LogP contribution < -0.4 is 5.73 Å². The normalized spacial score (nSPS) is 14.8. The number of carbonyl (C=O) groups excluding carboxylic acids is 1. The van der Waals surface area contributed by atoms with Crippen LogP contribution in [0.4, 0.5) is 0 Å². The number of rotatable bonds is 4. The number of carbonyl (C=O) groups is 1. The van der Waals surface area contributed by atoms with Crippen molar-refractivity contribution in [1.82, 2.24) is 4.98 Å². The smallest absolute Gasteiger partial charge is 0.308 e. The number of hydrogen-bond donors (Lipinski definition) is 1. The SMILES string of the molecule is CCOC(=O)CC(C)(N)c1nccs1. The van der Waals surface area contributed by atoms with Crippen LogP contribution in [0.2, 0.25) is 0 Å². The van der Waals surface area contributed by atoms with Gasteiger partial charge >= 0.3 is 5.97 Å². The molecule has 14 heavy (non-hydrogen) atoms. The molecule has 0 aromatic carbocycles. The Labute approximate surface area is 87.1 Å². The topological polar surface area (TPSA) is 65.2 Å². The summed E-state index contributed by atoms with van der Waals surface area (Å²) >= 11 is 1.45. The molecule has 2 N–H and O–H groups in total. The summed E-state index contributed by atoms with van der Waals surface area (Å²) in [4.78, 5) is 15.3. The first kappa shape index (κ1) is 11.1. The van der Waals surface area contributed by atoms with Gasteiger partial charge < -0.3 is 10.5 Å². The third kappa shape index (κ3) is 2.78. The number of ether oxygens (including phenoxy) is 1. The van der Waals surface area contributed by atoms with Crippen molar-refractivity contribution < 1.29 is 9.53 Å². The summed E-state index contributed by atoms with van der Waals surface area (Å²) in [6, 6.07) is 0. The minimum Gasteiger partial charge on any atom is -0.466 e. The molecule has 5 heteroatoms. The molecule has 1 unspecified atom stereocenters. The van der Waals surface area contributed by atoms with Crippen LogP contribution in [0.3, 0.4) is 0 Å². The molecular formula is C9H14N2O2S. The monoisotopic (exact) mass is 214 g/mol. The van der Waals surface area contributed by atoms with Gasteiger partial charge in [0.25, 0.3) is 0 Å². The highest BCUT2D eigenvalue weighted by Crippen LogP contribution is 2.23. The first-order valence-electron chi connectivity index (χ1n) is 4.40. The largest absolute Gasteiger partial charge is 0.466 e. The molecule has 1 atom stereocenters. The number of hydrogen-bond acceptors (Lipinski definition) is 5. The van der Waals surface area contributed by atoms with Crippen LogP contribution in [0.1, 0.15) is 25.3 Å². The van der Waals surface area contributed by atoms with Gasteiger partial charge in [0.05, 0.1) is 18.6 Å². The summed E-state index contributed by atoms with van der Waals surface area (Å²) in [5.74, 6) is -0.285. The summed E-state index contributed by atoms with van der Waals surface area (Å²) in [7, 11) is 0. The van der Waals surface area contributed by atoms with Crippen molar-refractivity contribution in [2.45, 2.75) is 25.8 Å². The van der Waals surface area contributed by atoms with E-state index in [4.69, 9.17) is 10.5 Å². The number of esters is 1. The van der Waals surface area contributed by atoms with Gasteiger partial charge in [-0.2, -0.15) is 0 Å². The quantitative estimate of drug-likeness (QED) is 0.766. The number of thiazole rings is 1. The molecule has 1 aromatic heterocycles. The zero-order chi connectivity index (χ0) is 10.6. The van der Waals surface area contributed by atoms with Gasteiger partial charge in [0, 0.05) is 11.6 Å². The third-order valence-electron chi connectivity index (χ3n) is 1.74. The van der Waals surface area contributed by atoms with Gasteiger partial charge in [-0.1, -0.05) is 0 Å². The number of aromatic nitrogens is 1. The molecule has 0 aliphatic rings. The Morgan fingerprint density at radius 3 is 3.00 bits per heavy atom. The van der Waals surface area contributed by atoms with Crippen LogP contribution in [-0.4, -0.2) is 17.6 Å². The van der Waals surface area contributed by atoms with Crippen LogP contribution >= 0.6 is 11.3 Å². The van der Waals surface area contributed by atoms with E-state index in [-0.39, 0.29) is 12.4 Å². The van der Waals surface area contributed by atoms with E-state index in [2.05, 4.69) is 4.98 Å². The van der Waals surface area contributed by atoms with E-state index in [1.54, 1.807) is 20.0 Å². The van der Waals surface area contributed by atoms with Crippen LogP contribution in [0, 0.1) is 0 Å². The number of nitrogens with zero attached hydrogens (tertiary/aromatic N) is 1. The van der Waals surface area contributed by atoms with Crippen LogP contribution in [0.15, 0.2) is 11.6 Å². The summed E-state index contributed by atoms with van der Waals surface area (Å²) in [6.45, 7) is 3.94. The van der Waals surface area contributed by atoms with Crippen LogP contribution in [0.25, 0.3) is 0 Å². The van der Waals surface area contributed by atoms with Crippen molar-refractivity contribution in [3.63, 3.8) is 0 Å². The predicted molar refractivity (Wildman–Crippen MR) is 54.9 cm³/mol. The molecule has 1 heterocycles. The first-order chi connectivity index (χ1) is 6.56. The second kappa shape index (κ2) is 4.52. The molecule has 0 radical (unpaired) electrons. The lowest BCUT2D eigenvalue weighted by Crippen LogP contribution is -2.36. The molecular weight excluding hydrogens is 200 g/mol. The lowest BCUT2D eigenvalue weighted by molar-refractivity contribution is -0.144. The third-order valence-corrected chi connectivity index (χ3v) is 2.79. The summed E-state index contributed by atoms with van der Waals surface area (Å²) in [5, 5.41) is 2.59. The molecule has 4 nitrogen and oxygen atoms in total. The number of nitrogens with two attached hydrogens (primary N) is 1. The Morgan fingerprint density at radius 1 is 1.79 bits per heavy atom. The Hall–Kier alpha value is -0.940. The predicted octanol–water partition coefficient (Wildman–Crippen LogP) is 1.27. The highest BCUT2D eigenvalue weighted by atomic mass is 32.1. The Balaban J connectivity index is 2.63. The van der Waals surface area contributed by atoms with Gasteiger partial charge in [0.15, 0.2) is 0 Å². The van der Waals surface area contributed by atoms with Crippen molar-refractivity contribution in [1.29, 1.82) is 0 Å². The minimum absolute atomic E-state index is 0.161. The van der Waals surface area contributed by atoms with Crippen molar-refractivity contribution in [2.24, 2.45) is 5.73 Å². The highest BCUT2D eigenvalue weighted by molar-refractivity contribution is 7.09. The zero-order valence-corrected chi connectivity index (χ0v) is 9.13. The fraction of sp³-hybridized carbons (Fsp3) is 0.556. The van der Waals surface area contributed by atoms with Gasteiger partial charge in [-0.3, -0.25) is 4.79 Å². The average Bonchev–Trinajstić information content (AvgIpc) is 2.54. The fourth-order valence-corrected chi connectivity index (χ4v) is 1.81. The standard InChI is InChI=1S/C9H14N2O2S/c1-3-13-7(12)6-9(2,10)8-11-4-5-14-8/h4-5H,3,6,10H2,1-2H3. The van der Waals surface area contributed by atoms with Crippen LogP contribution in [-0.2, 0) is 15.1 Å². The molecule has 0 spiro atoms. The Kier molecular flexibility index (Phi) is 3.60. The van der Waals surface area contributed by atoms with Crippen molar-refractivity contribution in [2.75, 3.05) is 6.61 Å². The highest BCUT2D eigenvalue weighted by Gasteiger charge is 2.27. The maximum atomic E-state index is 11.2. The van der Waals surface area contributed by atoms with Crippen molar-refractivity contribution >= 4 is 17.3 Å². The fourth-order valence-electron chi connectivity index (χ4n) is 1.09. The lowest BCUT2D eigenvalue weighted by Gasteiger charge is -2.20. The molecule has 0 aliphatic carbocycles. The maximum absolute atomic E-state index is 11.2. The molecule has 0 amide bonds. The van der Waals surface area contributed by atoms with Gasteiger partial charge in [-0.05, 0) is 13.8 Å². The van der Waals surface area contributed by atoms with E-state index in [9.17, 15) is 4.79 Å². The molecule has 0 saturated carbocycles. The molecule has 1 rings (SSSR count). The van der Waals surface area contributed by atoms with E-state index in [0.29, 0.717) is 6.61 Å². The van der Waals surface area contributed by atoms with E-state index in [1.807, 2.05) is 5.38 Å². The van der Waals surface area contributed by atoms with E-state index in [1.165, 1.54) is 11.3 Å². The summed E-state index contributed by atoms with van der Waals surface area (Å²) < 4.78 is 4.83. The first-order valence-corrected chi connectivity index (χ1v) is 5.28. The molecule has 0 bridgehead atoms. The minimum atomic E-state index is -0.722. The van der Waals surface area contributed by atoms with Crippen LogP contribution in [0.5, 0.6) is 0 Å². The molecule has 1 aromatic rings. The van der Waals surface area contributed by atoms with E-state index in [0.717, 1.165) is 5.01 Å². The second-order valence-electron chi connectivity index (χ2n) is 3.24. The Bertz CT molecular complexity index is 296. The van der Waals surface area contributed by atoms with E-state index < -0.39 is 5.54 Å². The summed E-state index contributed by atoms with van der Waals surface area (Å²) in [6.07, 6.45) is 1.84. The van der Waals surface area contributed by atoms with Crippen molar-refractivity contribution in [3.05, 3.63) is 16.6 Å². The molecule has 0 fully saturated rings. The maximum Gasteiger partial charge on any atom is 0.308 e. The van der Waals surface area contributed by atoms with E-state index >= 15 is 0 Å². The average molecular weight is 214 g/mol. The lowest BCUT2D eigenvalue weighted by atomic mass is 10.0. The van der Waals surface area contributed by atoms with Gasteiger partial charge in [-0.15, -0.1) is 11.3 Å². The molecule has 0 saturated heterocycles. The molecule has 0 aliphatic heterocycles. The van der Waals surface area contributed by atoms with Gasteiger partial charge in [0.2, 0.25) is 0 Å². The van der Waals surface area contributed by atoms with Crippen molar-refractivity contribution in [3.8, 4) is 0 Å². The molecule has 78 valence electrons. The zero-order valence-electron chi connectivity index (χ0n) is 8.32. The second-order valence-corrected chi connectivity index (χ2v) is 4.13. The Morgan fingerprint density at radius 2 is 2.50 bits per heavy atom. The summed E-state index contributed by atoms with van der Waals surface area (Å²) in [5.41, 5.74) is 5.24. The van der Waals surface area contributed by atoms with Gasteiger partial charge in [-0.25, -0.2) is 4.98 Å².